The topological polar surface area (TPSA) is 8.17 Å². The fraction of sp³-hybridized carbons (Fsp3) is 0.0545. The molecule has 2 heterocycles. The van der Waals surface area contributed by atoms with E-state index in [4.69, 9.17) is 0 Å². The van der Waals surface area contributed by atoms with Crippen LogP contribution in [0, 0.1) is 0 Å². The zero-order chi connectivity index (χ0) is 38.5. The zero-order valence-corrected chi connectivity index (χ0v) is 33.1. The van der Waals surface area contributed by atoms with E-state index < -0.39 is 0 Å². The van der Waals surface area contributed by atoms with Gasteiger partial charge >= 0.3 is 0 Å². The number of nitrogens with zero attached hydrogens (tertiary/aromatic N) is 2. The first-order chi connectivity index (χ1) is 28.5. The highest BCUT2D eigenvalue weighted by molar-refractivity contribution is 7.25. The Morgan fingerprint density at radius 2 is 1.03 bits per heavy atom. The van der Waals surface area contributed by atoms with Crippen LogP contribution in [0.1, 0.15) is 25.0 Å². The lowest BCUT2D eigenvalue weighted by Crippen LogP contribution is -2.16. The normalized spacial score (nSPS) is 13.1. The number of thiophene rings is 1. The Balaban J connectivity index is 1.07. The molecule has 12 rings (SSSR count). The van der Waals surface area contributed by atoms with E-state index in [-0.39, 0.29) is 5.41 Å². The van der Waals surface area contributed by atoms with Gasteiger partial charge in [-0.15, -0.1) is 11.3 Å². The minimum atomic E-state index is -0.114. The molecule has 0 radical (unpaired) electrons. The molecular weight excluding hydrogens is 721 g/mol. The van der Waals surface area contributed by atoms with Gasteiger partial charge in [-0.3, -0.25) is 0 Å². The van der Waals surface area contributed by atoms with Crippen LogP contribution < -0.4 is 4.90 Å². The average Bonchev–Trinajstić information content (AvgIpc) is 3.89. The minimum absolute atomic E-state index is 0.114. The average molecular weight is 759 g/mol. The molecule has 0 fully saturated rings. The van der Waals surface area contributed by atoms with E-state index in [2.05, 4.69) is 217 Å². The van der Waals surface area contributed by atoms with Gasteiger partial charge in [-0.1, -0.05) is 141 Å². The molecule has 0 unspecified atom stereocenters. The van der Waals surface area contributed by atoms with Crippen molar-refractivity contribution < 1.29 is 0 Å². The number of fused-ring (bicyclic) bond motifs is 10. The molecule has 2 nitrogen and oxygen atoms in total. The summed E-state index contributed by atoms with van der Waals surface area (Å²) in [6, 6.07) is 72.0. The van der Waals surface area contributed by atoms with E-state index in [1.165, 1.54) is 86.1 Å². The van der Waals surface area contributed by atoms with Crippen LogP contribution in [-0.4, -0.2) is 4.57 Å². The van der Waals surface area contributed by atoms with Crippen LogP contribution in [0.15, 0.2) is 194 Å². The van der Waals surface area contributed by atoms with Crippen molar-refractivity contribution in [2.45, 2.75) is 19.3 Å². The van der Waals surface area contributed by atoms with Crippen molar-refractivity contribution in [1.82, 2.24) is 4.57 Å². The number of aromatic nitrogens is 1. The largest absolute Gasteiger partial charge is 0.310 e. The summed E-state index contributed by atoms with van der Waals surface area (Å²) in [6.07, 6.45) is 0. The van der Waals surface area contributed by atoms with Crippen LogP contribution in [0.2, 0.25) is 0 Å². The molecule has 58 heavy (non-hydrogen) atoms. The van der Waals surface area contributed by atoms with E-state index in [1.54, 1.807) is 0 Å². The molecule has 1 aliphatic rings. The third-order valence-electron chi connectivity index (χ3n) is 12.5. The lowest BCUT2D eigenvalue weighted by molar-refractivity contribution is 0.660. The predicted octanol–water partition coefficient (Wildman–Crippen LogP) is 15.7. The molecule has 0 spiro atoms. The maximum Gasteiger partial charge on any atom is 0.0541 e. The van der Waals surface area contributed by atoms with Crippen molar-refractivity contribution in [3.8, 4) is 27.9 Å². The Labute approximate surface area is 341 Å². The number of hydrogen-bond acceptors (Lipinski definition) is 2. The number of rotatable bonds is 5. The fourth-order valence-corrected chi connectivity index (χ4v) is 10.9. The SMILES string of the molecule is CC1(C)c2ccccc2-c2ccc(N(c3cccc(-c4cc(-n5c6ccccc6c6ccccc65)cc5ccccc45)c3)c3ccc4c(c3)sc3ccccc34)cc21. The lowest BCUT2D eigenvalue weighted by atomic mass is 9.82. The predicted molar refractivity (Wildman–Crippen MR) is 249 cm³/mol. The monoisotopic (exact) mass is 758 g/mol. The first kappa shape index (κ1) is 33.2. The van der Waals surface area contributed by atoms with Crippen LogP contribution in [0.4, 0.5) is 17.1 Å². The molecule has 3 heteroatoms. The van der Waals surface area contributed by atoms with Gasteiger partial charge in [0.2, 0.25) is 0 Å². The van der Waals surface area contributed by atoms with Gasteiger partial charge in [0.25, 0.3) is 0 Å². The Kier molecular flexibility index (Phi) is 7.18. The molecule has 0 bridgehead atoms. The third kappa shape index (κ3) is 4.90. The number of para-hydroxylation sites is 2. The highest BCUT2D eigenvalue weighted by Gasteiger charge is 2.35. The van der Waals surface area contributed by atoms with E-state index in [0.717, 1.165) is 22.7 Å². The van der Waals surface area contributed by atoms with Gasteiger partial charge in [0.1, 0.15) is 0 Å². The van der Waals surface area contributed by atoms with Crippen molar-refractivity contribution in [2.24, 2.45) is 0 Å². The first-order valence-electron chi connectivity index (χ1n) is 20.1. The maximum atomic E-state index is 2.46. The molecule has 0 amide bonds. The summed E-state index contributed by atoms with van der Waals surface area (Å²) < 4.78 is 5.04. The van der Waals surface area contributed by atoms with Gasteiger partial charge in [0, 0.05) is 59.1 Å². The van der Waals surface area contributed by atoms with E-state index in [0.29, 0.717) is 0 Å². The summed E-state index contributed by atoms with van der Waals surface area (Å²) >= 11 is 1.87. The van der Waals surface area contributed by atoms with Crippen molar-refractivity contribution in [3.05, 3.63) is 205 Å². The Morgan fingerprint density at radius 1 is 0.414 bits per heavy atom. The molecular formula is C55H38N2S. The molecule has 274 valence electrons. The third-order valence-corrected chi connectivity index (χ3v) is 13.7. The molecule has 9 aromatic carbocycles. The van der Waals surface area contributed by atoms with Crippen LogP contribution in [0.3, 0.4) is 0 Å². The summed E-state index contributed by atoms with van der Waals surface area (Å²) in [5.41, 5.74) is 14.7. The lowest BCUT2D eigenvalue weighted by Gasteiger charge is -2.28. The summed E-state index contributed by atoms with van der Waals surface area (Å²) in [5, 5.41) is 7.60. The van der Waals surface area contributed by atoms with E-state index in [1.807, 2.05) is 11.3 Å². The molecule has 0 saturated heterocycles. The standard InChI is InChI=1S/C55H38N2S/c1-55(2)49-22-9-5-18-42(49)43-28-26-38(33-50(43)55)56(39-27-29-47-46-21-8-12-25-53(46)58-54(47)34-39)37-16-13-15-36(30-37)48-32-40(31-35-14-3-4-17-41(35)48)57-51-23-10-6-19-44(51)45-20-7-11-24-52(45)57/h3-34H,1-2H3. The maximum absolute atomic E-state index is 2.46. The summed E-state index contributed by atoms with van der Waals surface area (Å²) in [6.45, 7) is 4.73. The smallest absolute Gasteiger partial charge is 0.0541 e. The van der Waals surface area contributed by atoms with Crippen LogP contribution in [0.5, 0.6) is 0 Å². The van der Waals surface area contributed by atoms with Gasteiger partial charge in [0.05, 0.1) is 11.0 Å². The minimum Gasteiger partial charge on any atom is -0.310 e. The summed E-state index contributed by atoms with van der Waals surface area (Å²) in [4.78, 5) is 2.46. The van der Waals surface area contributed by atoms with Gasteiger partial charge in [-0.25, -0.2) is 0 Å². The summed E-state index contributed by atoms with van der Waals surface area (Å²) in [7, 11) is 0. The molecule has 1 aliphatic carbocycles. The van der Waals surface area contributed by atoms with E-state index >= 15 is 0 Å². The molecule has 11 aromatic rings. The Morgan fingerprint density at radius 3 is 1.86 bits per heavy atom. The second-order valence-electron chi connectivity index (χ2n) is 16.1. The molecule has 0 atom stereocenters. The van der Waals surface area contributed by atoms with Crippen molar-refractivity contribution in [3.63, 3.8) is 0 Å². The Hall–Kier alpha value is -6.94. The van der Waals surface area contributed by atoms with Crippen LogP contribution >= 0.6 is 11.3 Å². The number of hydrogen-bond donors (Lipinski definition) is 0. The van der Waals surface area contributed by atoms with Crippen molar-refractivity contribution in [2.75, 3.05) is 4.90 Å². The van der Waals surface area contributed by atoms with Crippen LogP contribution in [0.25, 0.3) is 80.7 Å². The Bertz CT molecular complexity index is 3400. The van der Waals surface area contributed by atoms with Gasteiger partial charge in [-0.05, 0) is 111 Å². The molecule has 0 aliphatic heterocycles. The van der Waals surface area contributed by atoms with Gasteiger partial charge < -0.3 is 9.47 Å². The highest BCUT2D eigenvalue weighted by atomic mass is 32.1. The van der Waals surface area contributed by atoms with Gasteiger partial charge in [-0.2, -0.15) is 0 Å². The highest BCUT2D eigenvalue weighted by Crippen LogP contribution is 2.51. The van der Waals surface area contributed by atoms with Crippen molar-refractivity contribution >= 4 is 81.1 Å². The fourth-order valence-electron chi connectivity index (χ4n) is 9.81. The molecule has 0 N–H and O–H groups in total. The quantitative estimate of drug-likeness (QED) is 0.170. The molecule has 2 aromatic heterocycles. The first-order valence-corrected chi connectivity index (χ1v) is 20.9. The van der Waals surface area contributed by atoms with Gasteiger partial charge in [0.15, 0.2) is 0 Å². The zero-order valence-electron chi connectivity index (χ0n) is 32.3. The number of benzene rings is 9. The van der Waals surface area contributed by atoms with Crippen molar-refractivity contribution in [1.29, 1.82) is 0 Å². The molecule has 0 saturated carbocycles. The van der Waals surface area contributed by atoms with Crippen LogP contribution in [-0.2, 0) is 5.41 Å². The van der Waals surface area contributed by atoms with E-state index in [9.17, 15) is 0 Å². The second kappa shape index (κ2) is 12.5. The number of anilines is 3. The second-order valence-corrected chi connectivity index (χ2v) is 17.2. The summed E-state index contributed by atoms with van der Waals surface area (Å²) in [5.74, 6) is 0.